The lowest BCUT2D eigenvalue weighted by Crippen LogP contribution is -2.31. The van der Waals surface area contributed by atoms with Crippen LogP contribution in [0.3, 0.4) is 0 Å². The molecule has 0 aromatic carbocycles. The molecular weight excluding hydrogens is 336 g/mol. The summed E-state index contributed by atoms with van der Waals surface area (Å²) in [6.45, 7) is 0.637. The molecule has 27 heavy (non-hydrogen) atoms. The minimum absolute atomic E-state index is 0.130. The maximum atomic E-state index is 10.2. The van der Waals surface area contributed by atoms with E-state index in [1.165, 1.54) is 36.9 Å². The van der Waals surface area contributed by atoms with Gasteiger partial charge in [0, 0.05) is 37.0 Å². The number of nitrogens with zero attached hydrogens (tertiary/aromatic N) is 4. The summed E-state index contributed by atoms with van der Waals surface area (Å²) in [7, 11) is 3.72. The Balaban J connectivity index is 2.02. The first kappa shape index (κ1) is 18.2. The van der Waals surface area contributed by atoms with Crippen LogP contribution in [-0.2, 0) is 30.0 Å². The number of nitriles is 1. The van der Waals surface area contributed by atoms with E-state index < -0.39 is 0 Å². The first-order valence-corrected chi connectivity index (χ1v) is 10.1. The van der Waals surface area contributed by atoms with Crippen LogP contribution in [-0.4, -0.2) is 28.5 Å². The van der Waals surface area contributed by atoms with Crippen molar-refractivity contribution >= 4 is 0 Å². The number of ether oxygens (including phenoxy) is 1. The van der Waals surface area contributed by atoms with Gasteiger partial charge in [0.1, 0.15) is 6.07 Å². The number of fused-ring (bicyclic) bond motifs is 1. The molecule has 0 N–H and O–H groups in total. The lowest BCUT2D eigenvalue weighted by Gasteiger charge is -2.31. The van der Waals surface area contributed by atoms with Crippen molar-refractivity contribution in [2.24, 2.45) is 7.05 Å². The van der Waals surface area contributed by atoms with Gasteiger partial charge in [-0.1, -0.05) is 19.3 Å². The summed E-state index contributed by atoms with van der Waals surface area (Å²) in [6.07, 6.45) is 11.8. The summed E-state index contributed by atoms with van der Waals surface area (Å²) in [6, 6.07) is 4.58. The quantitative estimate of drug-likeness (QED) is 0.767. The fraction of sp³-hybridized carbons (Fsp3) is 0.591. The average Bonchev–Trinajstić information content (AvgIpc) is 3.24. The Labute approximate surface area is 161 Å². The zero-order valence-electron chi connectivity index (χ0n) is 16.4. The van der Waals surface area contributed by atoms with E-state index in [2.05, 4.69) is 11.2 Å². The highest BCUT2D eigenvalue weighted by Crippen LogP contribution is 2.45. The summed E-state index contributed by atoms with van der Waals surface area (Å²) >= 11 is 0. The molecular formula is C22H28N4O. The number of aryl methyl sites for hydroxylation is 2. The molecule has 2 aliphatic rings. The Bertz CT molecular complexity index is 871. The Morgan fingerprint density at radius 3 is 2.63 bits per heavy atom. The number of hydrogen-bond donors (Lipinski definition) is 0. The van der Waals surface area contributed by atoms with Crippen LogP contribution >= 0.6 is 0 Å². The molecule has 0 unspecified atom stereocenters. The zero-order chi connectivity index (χ0) is 18.9. The molecule has 5 heteroatoms. The van der Waals surface area contributed by atoms with Crippen LogP contribution in [0.25, 0.3) is 11.3 Å². The Morgan fingerprint density at radius 2 is 1.96 bits per heavy atom. The summed E-state index contributed by atoms with van der Waals surface area (Å²) in [5, 5.41) is 14.6. The first-order valence-electron chi connectivity index (χ1n) is 10.1. The highest BCUT2D eigenvalue weighted by molar-refractivity contribution is 5.74. The molecule has 0 saturated heterocycles. The second kappa shape index (κ2) is 7.44. The van der Waals surface area contributed by atoms with Crippen molar-refractivity contribution in [1.29, 1.82) is 5.26 Å². The fourth-order valence-corrected chi connectivity index (χ4v) is 5.09. The van der Waals surface area contributed by atoms with Crippen molar-refractivity contribution in [3.05, 3.63) is 34.8 Å². The van der Waals surface area contributed by atoms with Crippen molar-refractivity contribution in [3.63, 3.8) is 0 Å². The summed E-state index contributed by atoms with van der Waals surface area (Å²) < 4.78 is 7.53. The minimum Gasteiger partial charge on any atom is -0.384 e. The Hall–Kier alpha value is -2.19. The van der Waals surface area contributed by atoms with Crippen LogP contribution in [0.2, 0.25) is 0 Å². The van der Waals surface area contributed by atoms with Gasteiger partial charge in [-0.3, -0.25) is 9.67 Å². The van der Waals surface area contributed by atoms with Gasteiger partial charge in [0.15, 0.2) is 0 Å². The van der Waals surface area contributed by atoms with Gasteiger partial charge >= 0.3 is 0 Å². The van der Waals surface area contributed by atoms with E-state index in [1.54, 1.807) is 7.11 Å². The molecule has 2 aliphatic carbocycles. The number of rotatable bonds is 4. The van der Waals surface area contributed by atoms with E-state index in [4.69, 9.17) is 9.72 Å². The van der Waals surface area contributed by atoms with Gasteiger partial charge in [-0.25, -0.2) is 0 Å². The molecule has 142 valence electrons. The van der Waals surface area contributed by atoms with Crippen molar-refractivity contribution in [1.82, 2.24) is 14.8 Å². The fourth-order valence-electron chi connectivity index (χ4n) is 5.09. The topological polar surface area (TPSA) is 63.7 Å². The highest BCUT2D eigenvalue weighted by atomic mass is 16.5. The predicted octanol–water partition coefficient (Wildman–Crippen LogP) is 4.08. The first-order chi connectivity index (χ1) is 13.2. The minimum atomic E-state index is -0.130. The molecule has 0 aliphatic heterocycles. The third kappa shape index (κ3) is 3.06. The molecule has 2 aromatic rings. The highest BCUT2D eigenvalue weighted by Gasteiger charge is 2.41. The molecule has 2 aromatic heterocycles. The van der Waals surface area contributed by atoms with E-state index in [0.717, 1.165) is 54.6 Å². The molecule has 1 saturated carbocycles. The van der Waals surface area contributed by atoms with Crippen molar-refractivity contribution in [3.8, 4) is 17.3 Å². The van der Waals surface area contributed by atoms with Crippen LogP contribution < -0.4 is 0 Å². The molecule has 5 nitrogen and oxygen atoms in total. The summed E-state index contributed by atoms with van der Waals surface area (Å²) in [4.78, 5) is 5.18. The maximum Gasteiger partial charge on any atom is 0.102 e. The third-order valence-corrected chi connectivity index (χ3v) is 6.40. The molecule has 0 bridgehead atoms. The van der Waals surface area contributed by atoms with E-state index in [-0.39, 0.29) is 5.41 Å². The van der Waals surface area contributed by atoms with Gasteiger partial charge in [0.2, 0.25) is 0 Å². The normalized spacial score (nSPS) is 18.7. The lowest BCUT2D eigenvalue weighted by molar-refractivity contribution is 0.129. The van der Waals surface area contributed by atoms with Crippen LogP contribution in [0.5, 0.6) is 0 Å². The molecule has 1 fully saturated rings. The van der Waals surface area contributed by atoms with Crippen molar-refractivity contribution in [2.45, 2.75) is 63.2 Å². The Kier molecular flexibility index (Phi) is 5.01. The molecule has 0 atom stereocenters. The molecule has 0 radical (unpaired) electrons. The SMILES string of the molecule is COCC1(c2nc3c(c(-c4ccnn4C)c2C#N)CCCCC3)CCCC1. The second-order valence-corrected chi connectivity index (χ2v) is 8.07. The van der Waals surface area contributed by atoms with Crippen LogP contribution in [0, 0.1) is 11.3 Å². The largest absolute Gasteiger partial charge is 0.384 e. The van der Waals surface area contributed by atoms with E-state index >= 15 is 0 Å². The molecule has 0 spiro atoms. The summed E-state index contributed by atoms with van der Waals surface area (Å²) in [5.74, 6) is 0. The van der Waals surface area contributed by atoms with Gasteiger partial charge in [0.25, 0.3) is 0 Å². The molecule has 2 heterocycles. The monoisotopic (exact) mass is 364 g/mol. The predicted molar refractivity (Wildman–Crippen MR) is 104 cm³/mol. The number of pyridine rings is 1. The van der Waals surface area contributed by atoms with Gasteiger partial charge < -0.3 is 4.74 Å². The van der Waals surface area contributed by atoms with E-state index in [1.807, 2.05) is 24.0 Å². The number of aromatic nitrogens is 3. The van der Waals surface area contributed by atoms with Gasteiger partial charge in [-0.15, -0.1) is 0 Å². The van der Waals surface area contributed by atoms with E-state index in [9.17, 15) is 5.26 Å². The smallest absolute Gasteiger partial charge is 0.102 e. The van der Waals surface area contributed by atoms with Crippen molar-refractivity contribution < 1.29 is 4.74 Å². The lowest BCUT2D eigenvalue weighted by atomic mass is 9.78. The van der Waals surface area contributed by atoms with Gasteiger partial charge in [-0.2, -0.15) is 10.4 Å². The van der Waals surface area contributed by atoms with Crippen LogP contribution in [0.1, 0.15) is 67.5 Å². The Morgan fingerprint density at radius 1 is 1.19 bits per heavy atom. The van der Waals surface area contributed by atoms with Crippen molar-refractivity contribution in [2.75, 3.05) is 13.7 Å². The van der Waals surface area contributed by atoms with Crippen LogP contribution in [0.4, 0.5) is 0 Å². The molecule has 4 rings (SSSR count). The van der Waals surface area contributed by atoms with Crippen LogP contribution in [0.15, 0.2) is 12.3 Å². The number of methoxy groups -OCH3 is 1. The zero-order valence-corrected chi connectivity index (χ0v) is 16.4. The molecule has 0 amide bonds. The standard InChI is InChI=1S/C22H28N4O/c1-26-19(10-13-24-26)20-16-8-4-3-5-9-18(16)25-21(17(20)14-23)22(15-27-2)11-6-7-12-22/h10,13H,3-9,11-12,15H2,1-2H3. The van der Waals surface area contributed by atoms with Gasteiger partial charge in [-0.05, 0) is 50.2 Å². The number of hydrogen-bond acceptors (Lipinski definition) is 4. The maximum absolute atomic E-state index is 10.2. The van der Waals surface area contributed by atoms with E-state index in [0.29, 0.717) is 6.61 Å². The van der Waals surface area contributed by atoms with Gasteiger partial charge in [0.05, 0.1) is 23.6 Å². The summed E-state index contributed by atoms with van der Waals surface area (Å²) in [5.41, 5.74) is 6.15. The third-order valence-electron chi connectivity index (χ3n) is 6.40. The average molecular weight is 364 g/mol. The second-order valence-electron chi connectivity index (χ2n) is 8.07.